The van der Waals surface area contributed by atoms with Gasteiger partial charge in [-0.05, 0) is 61.9 Å². The van der Waals surface area contributed by atoms with Crippen molar-refractivity contribution in [2.75, 3.05) is 25.0 Å². The standard InChI is InChI=1S/C25H24N4O4S2/c1-15-10-20(16(2)29(15)12-17-4-9-22-23(11-17)33-14-32-22)21(30)13-34-25-28-27-24(35-25)26-18-5-7-19(31-3)8-6-18/h4-11H,12-14H2,1-3H3,(H,26,27). The predicted octanol–water partition coefficient (Wildman–Crippen LogP) is 5.46. The first-order valence-corrected chi connectivity index (χ1v) is 12.8. The second-order valence-corrected chi connectivity index (χ2v) is 10.2. The number of methoxy groups -OCH3 is 1. The number of Topliss-reactive ketones (excluding diaryl/α,β-unsaturated/α-hetero) is 1. The lowest BCUT2D eigenvalue weighted by Crippen LogP contribution is -2.07. The fraction of sp³-hybridized carbons (Fsp3) is 0.240. The molecule has 0 saturated carbocycles. The topological polar surface area (TPSA) is 87.5 Å². The van der Waals surface area contributed by atoms with Crippen molar-refractivity contribution in [1.82, 2.24) is 14.8 Å². The van der Waals surface area contributed by atoms with Crippen LogP contribution in [0.15, 0.2) is 52.9 Å². The average molecular weight is 509 g/mol. The summed E-state index contributed by atoms with van der Waals surface area (Å²) in [6.45, 7) is 4.92. The summed E-state index contributed by atoms with van der Waals surface area (Å²) in [5.41, 5.74) is 4.71. The molecule has 1 N–H and O–H groups in total. The molecule has 0 bridgehead atoms. The fourth-order valence-electron chi connectivity index (χ4n) is 3.87. The van der Waals surface area contributed by atoms with Gasteiger partial charge in [-0.3, -0.25) is 4.79 Å². The third kappa shape index (κ3) is 5.13. The number of nitrogens with one attached hydrogen (secondary N) is 1. The van der Waals surface area contributed by atoms with Gasteiger partial charge in [-0.15, -0.1) is 10.2 Å². The highest BCUT2D eigenvalue weighted by atomic mass is 32.2. The highest BCUT2D eigenvalue weighted by Crippen LogP contribution is 2.33. The third-order valence-electron chi connectivity index (χ3n) is 5.73. The normalized spacial score (nSPS) is 12.1. The maximum atomic E-state index is 13.0. The molecule has 8 nitrogen and oxygen atoms in total. The van der Waals surface area contributed by atoms with Crippen LogP contribution in [0.2, 0.25) is 0 Å². The van der Waals surface area contributed by atoms with Gasteiger partial charge < -0.3 is 24.1 Å². The minimum Gasteiger partial charge on any atom is -0.497 e. The summed E-state index contributed by atoms with van der Waals surface area (Å²) in [7, 11) is 1.63. The molecule has 0 spiro atoms. The molecule has 0 saturated heterocycles. The molecule has 35 heavy (non-hydrogen) atoms. The van der Waals surface area contributed by atoms with Gasteiger partial charge in [0, 0.05) is 29.2 Å². The molecule has 1 aliphatic rings. The summed E-state index contributed by atoms with van der Waals surface area (Å²) in [6, 6.07) is 15.5. The number of thioether (sulfide) groups is 1. The number of nitrogens with zero attached hydrogens (tertiary/aromatic N) is 3. The molecular weight excluding hydrogens is 484 g/mol. The van der Waals surface area contributed by atoms with Crippen LogP contribution in [0, 0.1) is 13.8 Å². The maximum Gasteiger partial charge on any atom is 0.231 e. The van der Waals surface area contributed by atoms with E-state index in [4.69, 9.17) is 14.2 Å². The number of ether oxygens (including phenoxy) is 3. The Morgan fingerprint density at radius 2 is 1.91 bits per heavy atom. The Morgan fingerprint density at radius 3 is 2.71 bits per heavy atom. The predicted molar refractivity (Wildman–Crippen MR) is 137 cm³/mol. The van der Waals surface area contributed by atoms with Crippen molar-refractivity contribution in [1.29, 1.82) is 0 Å². The van der Waals surface area contributed by atoms with Crippen LogP contribution in [0.5, 0.6) is 17.2 Å². The highest BCUT2D eigenvalue weighted by molar-refractivity contribution is 8.01. The van der Waals surface area contributed by atoms with Gasteiger partial charge in [-0.2, -0.15) is 0 Å². The molecular formula is C25H24N4O4S2. The van der Waals surface area contributed by atoms with E-state index in [-0.39, 0.29) is 12.6 Å². The Kier molecular flexibility index (Phi) is 6.65. The number of carbonyl (C=O) groups excluding carboxylic acids is 1. The fourth-order valence-corrected chi connectivity index (χ4v) is 5.53. The summed E-state index contributed by atoms with van der Waals surface area (Å²) in [5, 5.41) is 12.3. The number of fused-ring (bicyclic) bond motifs is 1. The van der Waals surface area contributed by atoms with E-state index >= 15 is 0 Å². The molecule has 2 aromatic heterocycles. The van der Waals surface area contributed by atoms with E-state index in [1.54, 1.807) is 7.11 Å². The summed E-state index contributed by atoms with van der Waals surface area (Å²) in [4.78, 5) is 13.0. The number of carbonyl (C=O) groups is 1. The maximum absolute atomic E-state index is 13.0. The summed E-state index contributed by atoms with van der Waals surface area (Å²) >= 11 is 2.82. The van der Waals surface area contributed by atoms with Crippen LogP contribution in [-0.2, 0) is 6.54 Å². The van der Waals surface area contributed by atoms with Crippen LogP contribution < -0.4 is 19.5 Å². The van der Waals surface area contributed by atoms with Crippen molar-refractivity contribution >= 4 is 39.7 Å². The van der Waals surface area contributed by atoms with Gasteiger partial charge in [-0.1, -0.05) is 29.2 Å². The number of ketones is 1. The van der Waals surface area contributed by atoms with Crippen LogP contribution in [0.3, 0.4) is 0 Å². The molecule has 0 fully saturated rings. The molecule has 4 aromatic rings. The van der Waals surface area contributed by atoms with Crippen LogP contribution in [0.25, 0.3) is 0 Å². The van der Waals surface area contributed by atoms with Gasteiger partial charge in [-0.25, -0.2) is 0 Å². The first kappa shape index (κ1) is 23.3. The Balaban J connectivity index is 1.21. The SMILES string of the molecule is COc1ccc(Nc2nnc(SCC(=O)c3cc(C)n(Cc4ccc5c(c4)OCO5)c3C)s2)cc1. The number of anilines is 2. The van der Waals surface area contributed by atoms with Crippen molar-refractivity contribution in [2.45, 2.75) is 24.7 Å². The first-order chi connectivity index (χ1) is 17.0. The van der Waals surface area contributed by atoms with Crippen LogP contribution in [-0.4, -0.2) is 40.2 Å². The lowest BCUT2D eigenvalue weighted by atomic mass is 10.1. The molecule has 0 unspecified atom stereocenters. The van der Waals surface area contributed by atoms with Gasteiger partial charge in [0.2, 0.25) is 11.9 Å². The Labute approximate surface area is 211 Å². The highest BCUT2D eigenvalue weighted by Gasteiger charge is 2.19. The molecule has 1 aliphatic heterocycles. The lowest BCUT2D eigenvalue weighted by molar-refractivity contribution is 0.102. The third-order valence-corrected chi connectivity index (χ3v) is 7.70. The molecule has 10 heteroatoms. The van der Waals surface area contributed by atoms with Crippen LogP contribution in [0.1, 0.15) is 27.3 Å². The van der Waals surface area contributed by atoms with Crippen molar-refractivity contribution in [3.63, 3.8) is 0 Å². The average Bonchev–Trinajstić information content (AvgIpc) is 3.59. The lowest BCUT2D eigenvalue weighted by Gasteiger charge is -2.10. The number of hydrogen-bond donors (Lipinski definition) is 1. The van der Waals surface area contributed by atoms with Crippen molar-refractivity contribution in [3.05, 3.63) is 71.0 Å². The van der Waals surface area contributed by atoms with E-state index in [0.717, 1.165) is 49.8 Å². The van der Waals surface area contributed by atoms with Gasteiger partial charge in [0.1, 0.15) is 5.75 Å². The molecule has 5 rings (SSSR count). The summed E-state index contributed by atoms with van der Waals surface area (Å²) in [5.74, 6) is 2.68. The first-order valence-electron chi connectivity index (χ1n) is 11.0. The summed E-state index contributed by atoms with van der Waals surface area (Å²) in [6.07, 6.45) is 0. The molecule has 0 atom stereocenters. The van der Waals surface area contributed by atoms with Crippen LogP contribution >= 0.6 is 23.1 Å². The monoisotopic (exact) mass is 508 g/mol. The Hall–Kier alpha value is -3.50. The van der Waals surface area contributed by atoms with E-state index in [0.29, 0.717) is 17.4 Å². The van der Waals surface area contributed by atoms with Gasteiger partial charge in [0.05, 0.1) is 12.9 Å². The van der Waals surface area contributed by atoms with Gasteiger partial charge in [0.25, 0.3) is 0 Å². The molecule has 0 radical (unpaired) electrons. The number of aromatic nitrogens is 3. The van der Waals surface area contributed by atoms with Gasteiger partial charge in [0.15, 0.2) is 21.6 Å². The van der Waals surface area contributed by atoms with Crippen LogP contribution in [0.4, 0.5) is 10.8 Å². The molecule has 2 aromatic carbocycles. The van der Waals surface area contributed by atoms with Crippen molar-refractivity contribution in [3.8, 4) is 17.2 Å². The zero-order valence-corrected chi connectivity index (χ0v) is 21.2. The largest absolute Gasteiger partial charge is 0.497 e. The molecule has 0 amide bonds. The Bertz CT molecular complexity index is 1360. The van der Waals surface area contributed by atoms with Gasteiger partial charge >= 0.3 is 0 Å². The quantitative estimate of drug-likeness (QED) is 0.236. The zero-order valence-electron chi connectivity index (χ0n) is 19.5. The van der Waals surface area contributed by atoms with E-state index < -0.39 is 0 Å². The smallest absolute Gasteiger partial charge is 0.231 e. The second-order valence-electron chi connectivity index (χ2n) is 8.00. The van der Waals surface area contributed by atoms with E-state index in [1.165, 1.54) is 23.1 Å². The molecule has 3 heterocycles. The number of rotatable bonds is 9. The number of hydrogen-bond acceptors (Lipinski definition) is 9. The molecule has 180 valence electrons. The van der Waals surface area contributed by atoms with Crippen molar-refractivity contribution in [2.24, 2.45) is 0 Å². The van der Waals surface area contributed by atoms with Crippen molar-refractivity contribution < 1.29 is 19.0 Å². The number of benzene rings is 2. The molecule has 0 aliphatic carbocycles. The van der Waals surface area contributed by atoms with E-state index in [9.17, 15) is 4.79 Å². The minimum atomic E-state index is 0.0694. The zero-order chi connectivity index (χ0) is 24.4. The van der Waals surface area contributed by atoms with E-state index in [2.05, 4.69) is 20.1 Å². The number of aryl methyl sites for hydroxylation is 1. The minimum absolute atomic E-state index is 0.0694. The Morgan fingerprint density at radius 1 is 1.11 bits per heavy atom. The second kappa shape index (κ2) is 10.0. The van der Waals surface area contributed by atoms with E-state index in [1.807, 2.05) is 62.4 Å². The summed E-state index contributed by atoms with van der Waals surface area (Å²) < 4.78 is 19.0.